The van der Waals surface area contributed by atoms with Crippen molar-refractivity contribution in [2.75, 3.05) is 18.9 Å². The van der Waals surface area contributed by atoms with E-state index in [0.29, 0.717) is 10.9 Å². The average molecular weight is 408 g/mol. The zero-order valence-electron chi connectivity index (χ0n) is 15.7. The minimum atomic E-state index is -3.63. The van der Waals surface area contributed by atoms with Gasteiger partial charge < -0.3 is 10.3 Å². The SMILES string of the molecule is CCOP(=O)(OCC)Oc1ccc2c(c1)-c1nc(N)sc1CC21CCCC1. The van der Waals surface area contributed by atoms with Gasteiger partial charge in [0, 0.05) is 15.9 Å². The molecule has 0 unspecified atom stereocenters. The van der Waals surface area contributed by atoms with Gasteiger partial charge in [0.25, 0.3) is 0 Å². The highest BCUT2D eigenvalue weighted by atomic mass is 32.1. The fourth-order valence-corrected chi connectivity index (χ4v) is 6.55. The number of nitrogens with zero attached hydrogens (tertiary/aromatic N) is 1. The molecular formula is C19H25N2O4PS. The van der Waals surface area contributed by atoms with Crippen LogP contribution in [0.1, 0.15) is 50.0 Å². The smallest absolute Gasteiger partial charge is 0.404 e. The third kappa shape index (κ3) is 3.42. The minimum Gasteiger partial charge on any atom is -0.404 e. The lowest BCUT2D eigenvalue weighted by molar-refractivity contribution is 0.167. The molecule has 8 heteroatoms. The van der Waals surface area contributed by atoms with Crippen LogP contribution in [-0.2, 0) is 25.4 Å². The van der Waals surface area contributed by atoms with Crippen molar-refractivity contribution in [2.24, 2.45) is 0 Å². The van der Waals surface area contributed by atoms with E-state index in [0.717, 1.165) is 17.7 Å². The molecule has 2 aliphatic rings. The summed E-state index contributed by atoms with van der Waals surface area (Å²) < 4.78 is 29.0. The molecule has 1 fully saturated rings. The molecule has 2 aromatic rings. The Morgan fingerprint density at radius 3 is 2.59 bits per heavy atom. The van der Waals surface area contributed by atoms with Crippen LogP contribution in [0.25, 0.3) is 11.3 Å². The molecule has 4 rings (SSSR count). The zero-order chi connectivity index (χ0) is 19.1. The normalized spacial score (nSPS) is 17.7. The molecule has 0 bridgehead atoms. The van der Waals surface area contributed by atoms with E-state index in [9.17, 15) is 4.57 Å². The highest BCUT2D eigenvalue weighted by Gasteiger charge is 2.42. The lowest BCUT2D eigenvalue weighted by Gasteiger charge is -2.35. The number of nitrogen functional groups attached to an aromatic ring is 1. The van der Waals surface area contributed by atoms with E-state index in [4.69, 9.17) is 19.3 Å². The molecule has 2 aliphatic carbocycles. The maximum atomic E-state index is 12.7. The van der Waals surface area contributed by atoms with Gasteiger partial charge in [0.2, 0.25) is 0 Å². The van der Waals surface area contributed by atoms with Crippen LogP contribution in [0.4, 0.5) is 5.13 Å². The number of benzene rings is 1. The van der Waals surface area contributed by atoms with Crippen molar-refractivity contribution >= 4 is 24.3 Å². The summed E-state index contributed by atoms with van der Waals surface area (Å²) in [6.07, 6.45) is 5.83. The summed E-state index contributed by atoms with van der Waals surface area (Å²) in [7, 11) is -3.63. The van der Waals surface area contributed by atoms with Gasteiger partial charge in [-0.05, 0) is 50.8 Å². The molecule has 2 N–H and O–H groups in total. The number of thiazole rings is 1. The summed E-state index contributed by atoms with van der Waals surface area (Å²) in [5.74, 6) is 0.464. The molecule has 0 radical (unpaired) electrons. The molecule has 0 saturated heterocycles. The van der Waals surface area contributed by atoms with Crippen LogP contribution in [0.15, 0.2) is 18.2 Å². The van der Waals surface area contributed by atoms with Crippen LogP contribution in [0.3, 0.4) is 0 Å². The average Bonchev–Trinajstić information content (AvgIpc) is 3.22. The Balaban J connectivity index is 1.76. The standard InChI is InChI=1S/C19H25N2O4PS/c1-3-23-26(22,24-4-2)25-13-7-8-15-14(11-13)17-16(27-18(20)21-17)12-19(15)9-5-6-10-19/h7-8,11H,3-6,9-10,12H2,1-2H3,(H2,20,21). The van der Waals surface area contributed by atoms with Gasteiger partial charge >= 0.3 is 7.82 Å². The quantitative estimate of drug-likeness (QED) is 0.651. The van der Waals surface area contributed by atoms with Crippen LogP contribution < -0.4 is 10.3 Å². The number of fused-ring (bicyclic) bond motifs is 4. The molecule has 0 atom stereocenters. The molecule has 1 aromatic carbocycles. The van der Waals surface area contributed by atoms with E-state index in [2.05, 4.69) is 11.1 Å². The Kier molecular flexibility index (Phi) is 5.06. The van der Waals surface area contributed by atoms with E-state index in [-0.39, 0.29) is 18.6 Å². The number of nitrogens with two attached hydrogens (primary N) is 1. The third-order valence-electron chi connectivity index (χ3n) is 5.38. The van der Waals surface area contributed by atoms with Crippen LogP contribution in [-0.4, -0.2) is 18.2 Å². The van der Waals surface area contributed by atoms with Gasteiger partial charge in [0.15, 0.2) is 5.13 Å². The van der Waals surface area contributed by atoms with E-state index >= 15 is 0 Å². The summed E-state index contributed by atoms with van der Waals surface area (Å²) >= 11 is 1.57. The summed E-state index contributed by atoms with van der Waals surface area (Å²) in [6, 6.07) is 5.87. The molecule has 1 aromatic heterocycles. The van der Waals surface area contributed by atoms with Gasteiger partial charge in [-0.25, -0.2) is 9.55 Å². The van der Waals surface area contributed by atoms with Crippen molar-refractivity contribution < 1.29 is 18.1 Å². The number of hydrogen-bond acceptors (Lipinski definition) is 7. The van der Waals surface area contributed by atoms with E-state index in [1.807, 2.05) is 12.1 Å². The molecule has 1 spiro atoms. The largest absolute Gasteiger partial charge is 0.530 e. The minimum absolute atomic E-state index is 0.156. The van der Waals surface area contributed by atoms with Gasteiger partial charge in [0.05, 0.1) is 18.9 Å². The highest BCUT2D eigenvalue weighted by molar-refractivity contribution is 7.48. The van der Waals surface area contributed by atoms with Crippen LogP contribution in [0, 0.1) is 0 Å². The van der Waals surface area contributed by atoms with Crippen molar-refractivity contribution in [2.45, 2.75) is 51.4 Å². The second-order valence-corrected chi connectivity index (χ2v) is 9.78. The number of rotatable bonds is 6. The Bertz CT molecular complexity index is 882. The molecule has 0 aliphatic heterocycles. The first kappa shape index (κ1) is 18.9. The fourth-order valence-electron chi connectivity index (χ4n) is 4.37. The molecule has 146 valence electrons. The second-order valence-electron chi connectivity index (χ2n) is 7.07. The Morgan fingerprint density at radius 1 is 1.22 bits per heavy atom. The molecule has 6 nitrogen and oxygen atoms in total. The van der Waals surface area contributed by atoms with Gasteiger partial charge in [0.1, 0.15) is 5.75 Å². The van der Waals surface area contributed by atoms with Crippen molar-refractivity contribution in [1.29, 1.82) is 0 Å². The molecule has 0 amide bonds. The number of aromatic nitrogens is 1. The maximum absolute atomic E-state index is 12.7. The summed E-state index contributed by atoms with van der Waals surface area (Å²) in [5, 5.41) is 0.585. The van der Waals surface area contributed by atoms with Gasteiger partial charge in [-0.1, -0.05) is 18.9 Å². The predicted octanol–water partition coefficient (Wildman–Crippen LogP) is 5.32. The van der Waals surface area contributed by atoms with Gasteiger partial charge in [-0.3, -0.25) is 9.05 Å². The van der Waals surface area contributed by atoms with Crippen molar-refractivity contribution in [3.63, 3.8) is 0 Å². The lowest BCUT2D eigenvalue weighted by Crippen LogP contribution is -2.28. The summed E-state index contributed by atoms with van der Waals surface area (Å²) in [6.45, 7) is 4.02. The lowest BCUT2D eigenvalue weighted by atomic mass is 9.70. The number of phosphoric acid groups is 1. The van der Waals surface area contributed by atoms with E-state index in [1.165, 1.54) is 36.1 Å². The zero-order valence-corrected chi connectivity index (χ0v) is 17.4. The van der Waals surface area contributed by atoms with Crippen molar-refractivity contribution in [1.82, 2.24) is 4.98 Å². The first-order valence-corrected chi connectivity index (χ1v) is 11.7. The van der Waals surface area contributed by atoms with Gasteiger partial charge in [-0.2, -0.15) is 0 Å². The fraction of sp³-hybridized carbons (Fsp3) is 0.526. The monoisotopic (exact) mass is 408 g/mol. The number of hydrogen-bond donors (Lipinski definition) is 1. The van der Waals surface area contributed by atoms with Crippen molar-refractivity contribution in [3.05, 3.63) is 28.6 Å². The summed E-state index contributed by atoms with van der Waals surface area (Å²) in [4.78, 5) is 5.80. The Hall–Kier alpha value is -1.40. The van der Waals surface area contributed by atoms with Crippen LogP contribution >= 0.6 is 19.2 Å². The van der Waals surface area contributed by atoms with Crippen LogP contribution in [0.2, 0.25) is 0 Å². The van der Waals surface area contributed by atoms with Crippen LogP contribution in [0.5, 0.6) is 5.75 Å². The summed E-state index contributed by atoms with van der Waals surface area (Å²) in [5.41, 5.74) is 9.43. The van der Waals surface area contributed by atoms with Crippen molar-refractivity contribution in [3.8, 4) is 17.0 Å². The van der Waals surface area contributed by atoms with E-state index in [1.54, 1.807) is 25.2 Å². The first-order valence-electron chi connectivity index (χ1n) is 9.47. The maximum Gasteiger partial charge on any atom is 0.530 e. The Morgan fingerprint density at radius 2 is 1.93 bits per heavy atom. The second kappa shape index (κ2) is 7.21. The molecule has 27 heavy (non-hydrogen) atoms. The van der Waals surface area contributed by atoms with Gasteiger partial charge in [-0.15, -0.1) is 11.3 Å². The van der Waals surface area contributed by atoms with E-state index < -0.39 is 7.82 Å². The number of anilines is 1. The highest BCUT2D eigenvalue weighted by Crippen LogP contribution is 2.55. The molecular weight excluding hydrogens is 383 g/mol. The Labute approximate surface area is 163 Å². The number of phosphoric ester groups is 1. The third-order valence-corrected chi connectivity index (χ3v) is 7.85. The predicted molar refractivity (Wildman–Crippen MR) is 107 cm³/mol. The molecule has 1 heterocycles. The topological polar surface area (TPSA) is 83.7 Å². The first-order chi connectivity index (χ1) is 13.0. The molecule has 1 saturated carbocycles.